The van der Waals surface area contributed by atoms with E-state index in [0.717, 1.165) is 5.82 Å². The second-order valence-electron chi connectivity index (χ2n) is 4.23. The van der Waals surface area contributed by atoms with Crippen LogP contribution in [0.3, 0.4) is 0 Å². The minimum Gasteiger partial charge on any atom is -0.221 e. The number of allylic oxidation sites excluding steroid dienone is 2. The fourth-order valence-corrected chi connectivity index (χ4v) is 1.42. The zero-order valence-corrected chi connectivity index (χ0v) is 8.81. The molecule has 2 rings (SSSR count). The predicted octanol–water partition coefficient (Wildman–Crippen LogP) is 2.44. The Labute approximate surface area is 84.2 Å². The third kappa shape index (κ3) is 1.39. The molecule has 1 aliphatic rings. The van der Waals surface area contributed by atoms with Crippen LogP contribution in [0.25, 0.3) is 12.3 Å². The standard InChI is InChI=1S/C11H15N3/c1-9(2)11(3)5-4-10-12-8-13-14(10)7-6-11/h4-9H,1-3H3. The lowest BCUT2D eigenvalue weighted by molar-refractivity contribution is 0.386. The topological polar surface area (TPSA) is 30.7 Å². The van der Waals surface area contributed by atoms with E-state index in [9.17, 15) is 0 Å². The molecule has 1 unspecified atom stereocenters. The van der Waals surface area contributed by atoms with Gasteiger partial charge in [-0.1, -0.05) is 32.9 Å². The van der Waals surface area contributed by atoms with Crippen LogP contribution in [0, 0.1) is 11.3 Å². The Morgan fingerprint density at radius 1 is 1.36 bits per heavy atom. The molecule has 0 bridgehead atoms. The highest BCUT2D eigenvalue weighted by Crippen LogP contribution is 2.32. The summed E-state index contributed by atoms with van der Waals surface area (Å²) >= 11 is 0. The maximum absolute atomic E-state index is 4.16. The lowest BCUT2D eigenvalue weighted by atomic mass is 9.79. The van der Waals surface area contributed by atoms with Crippen LogP contribution < -0.4 is 0 Å². The van der Waals surface area contributed by atoms with Gasteiger partial charge in [0.05, 0.1) is 0 Å². The van der Waals surface area contributed by atoms with Crippen LogP contribution in [0.1, 0.15) is 26.6 Å². The molecule has 0 fully saturated rings. The Hall–Kier alpha value is -1.38. The van der Waals surface area contributed by atoms with Crippen molar-refractivity contribution in [1.29, 1.82) is 0 Å². The van der Waals surface area contributed by atoms with E-state index in [1.807, 2.05) is 12.3 Å². The smallest absolute Gasteiger partial charge is 0.154 e. The number of nitrogens with zero attached hydrogens (tertiary/aromatic N) is 3. The van der Waals surface area contributed by atoms with Gasteiger partial charge in [-0.15, -0.1) is 0 Å². The highest BCUT2D eigenvalue weighted by Gasteiger charge is 2.23. The average Bonchev–Trinajstić information content (AvgIpc) is 2.53. The first-order valence-corrected chi connectivity index (χ1v) is 4.90. The summed E-state index contributed by atoms with van der Waals surface area (Å²) in [5.74, 6) is 1.46. The quantitative estimate of drug-likeness (QED) is 0.679. The first-order chi connectivity index (χ1) is 6.62. The predicted molar refractivity (Wildman–Crippen MR) is 57.3 cm³/mol. The molecule has 0 N–H and O–H groups in total. The largest absolute Gasteiger partial charge is 0.221 e. The van der Waals surface area contributed by atoms with Crippen LogP contribution in [0.2, 0.25) is 0 Å². The first kappa shape index (κ1) is 9.19. The van der Waals surface area contributed by atoms with Gasteiger partial charge in [0.15, 0.2) is 5.82 Å². The second-order valence-corrected chi connectivity index (χ2v) is 4.23. The van der Waals surface area contributed by atoms with Gasteiger partial charge in [0, 0.05) is 11.6 Å². The third-order valence-corrected chi connectivity index (χ3v) is 3.01. The van der Waals surface area contributed by atoms with Gasteiger partial charge in [0.25, 0.3) is 0 Å². The summed E-state index contributed by atoms with van der Waals surface area (Å²) < 4.78 is 1.80. The van der Waals surface area contributed by atoms with Crippen molar-refractivity contribution in [3.8, 4) is 0 Å². The van der Waals surface area contributed by atoms with Gasteiger partial charge < -0.3 is 0 Å². The Balaban J connectivity index is 2.42. The highest BCUT2D eigenvalue weighted by atomic mass is 15.3. The van der Waals surface area contributed by atoms with Crippen molar-refractivity contribution < 1.29 is 0 Å². The van der Waals surface area contributed by atoms with Crippen LogP contribution >= 0.6 is 0 Å². The van der Waals surface area contributed by atoms with Gasteiger partial charge in [-0.05, 0) is 12.0 Å². The van der Waals surface area contributed by atoms with Gasteiger partial charge in [0.1, 0.15) is 6.33 Å². The van der Waals surface area contributed by atoms with Gasteiger partial charge in [-0.3, -0.25) is 0 Å². The highest BCUT2D eigenvalue weighted by molar-refractivity contribution is 5.49. The van der Waals surface area contributed by atoms with Crippen molar-refractivity contribution >= 4 is 12.3 Å². The Morgan fingerprint density at radius 3 is 2.86 bits per heavy atom. The molecule has 0 saturated heterocycles. The monoisotopic (exact) mass is 189 g/mol. The molecule has 0 spiro atoms. The van der Waals surface area contributed by atoms with Gasteiger partial charge in [-0.25, -0.2) is 9.67 Å². The zero-order chi connectivity index (χ0) is 10.2. The van der Waals surface area contributed by atoms with E-state index in [4.69, 9.17) is 0 Å². The van der Waals surface area contributed by atoms with Crippen LogP contribution in [0.4, 0.5) is 0 Å². The third-order valence-electron chi connectivity index (χ3n) is 3.01. The molecule has 0 amide bonds. The number of hydrogen-bond acceptors (Lipinski definition) is 2. The molecule has 0 radical (unpaired) electrons. The minimum absolute atomic E-state index is 0.0996. The lowest BCUT2D eigenvalue weighted by Crippen LogP contribution is -2.17. The van der Waals surface area contributed by atoms with Crippen LogP contribution in [0.15, 0.2) is 18.5 Å². The summed E-state index contributed by atoms with van der Waals surface area (Å²) in [6.45, 7) is 6.66. The van der Waals surface area contributed by atoms with Gasteiger partial charge in [-0.2, -0.15) is 5.10 Å². The SMILES string of the molecule is CC(C)C1(C)C=Cc2ncnn2C=C1. The molecule has 1 aromatic rings. The van der Waals surface area contributed by atoms with Gasteiger partial charge >= 0.3 is 0 Å². The van der Waals surface area contributed by atoms with E-state index < -0.39 is 0 Å². The molecular weight excluding hydrogens is 174 g/mol. The number of aromatic nitrogens is 3. The fraction of sp³-hybridized carbons (Fsp3) is 0.455. The van der Waals surface area contributed by atoms with E-state index in [-0.39, 0.29) is 5.41 Å². The Kier molecular flexibility index (Phi) is 2.02. The van der Waals surface area contributed by atoms with Crippen molar-refractivity contribution in [3.63, 3.8) is 0 Å². The molecule has 0 aliphatic carbocycles. The van der Waals surface area contributed by atoms with Crippen LogP contribution in [-0.4, -0.2) is 14.8 Å². The minimum atomic E-state index is 0.0996. The molecule has 1 aromatic heterocycles. The van der Waals surface area contributed by atoms with E-state index in [2.05, 4.69) is 43.0 Å². The molecule has 1 atom stereocenters. The first-order valence-electron chi connectivity index (χ1n) is 4.90. The summed E-state index contributed by atoms with van der Waals surface area (Å²) in [6, 6.07) is 0. The molecule has 1 aliphatic heterocycles. The molecular formula is C11H15N3. The number of fused-ring (bicyclic) bond motifs is 1. The van der Waals surface area contributed by atoms with E-state index >= 15 is 0 Å². The van der Waals surface area contributed by atoms with E-state index in [1.54, 1.807) is 11.0 Å². The van der Waals surface area contributed by atoms with Crippen molar-refractivity contribution in [1.82, 2.24) is 14.8 Å². The molecule has 14 heavy (non-hydrogen) atoms. The van der Waals surface area contributed by atoms with Gasteiger partial charge in [0.2, 0.25) is 0 Å². The zero-order valence-electron chi connectivity index (χ0n) is 8.81. The fourth-order valence-electron chi connectivity index (χ4n) is 1.42. The maximum atomic E-state index is 4.16. The van der Waals surface area contributed by atoms with Crippen molar-refractivity contribution in [3.05, 3.63) is 24.3 Å². The second kappa shape index (κ2) is 3.08. The lowest BCUT2D eigenvalue weighted by Gasteiger charge is -2.25. The van der Waals surface area contributed by atoms with Crippen LogP contribution in [0.5, 0.6) is 0 Å². The van der Waals surface area contributed by atoms with Crippen molar-refractivity contribution in [2.75, 3.05) is 0 Å². The summed E-state index contributed by atoms with van der Waals surface area (Å²) in [6.07, 6.45) is 9.97. The average molecular weight is 189 g/mol. The molecule has 3 heteroatoms. The molecule has 0 saturated carbocycles. The molecule has 2 heterocycles. The summed E-state index contributed by atoms with van der Waals surface area (Å²) in [7, 11) is 0. The summed E-state index contributed by atoms with van der Waals surface area (Å²) in [5, 5.41) is 4.11. The number of rotatable bonds is 1. The molecule has 3 nitrogen and oxygen atoms in total. The Bertz CT molecular complexity index is 356. The Morgan fingerprint density at radius 2 is 2.14 bits per heavy atom. The normalized spacial score (nSPS) is 25.1. The van der Waals surface area contributed by atoms with Crippen molar-refractivity contribution in [2.45, 2.75) is 20.8 Å². The molecule has 74 valence electrons. The molecule has 0 aromatic carbocycles. The van der Waals surface area contributed by atoms with Crippen molar-refractivity contribution in [2.24, 2.45) is 11.3 Å². The summed E-state index contributed by atoms with van der Waals surface area (Å²) in [5.41, 5.74) is 0.0996. The van der Waals surface area contributed by atoms with E-state index in [1.165, 1.54) is 0 Å². The maximum Gasteiger partial charge on any atom is 0.154 e. The summed E-state index contributed by atoms with van der Waals surface area (Å²) in [4.78, 5) is 4.16. The number of hydrogen-bond donors (Lipinski definition) is 0. The van der Waals surface area contributed by atoms with Crippen LogP contribution in [-0.2, 0) is 0 Å². The van der Waals surface area contributed by atoms with E-state index in [0.29, 0.717) is 5.92 Å².